The molecule has 0 amide bonds. The number of hydrogen-bond donors (Lipinski definition) is 0. The van der Waals surface area contributed by atoms with Crippen LogP contribution in [-0.2, 0) is 39.6 Å². The molecule has 0 spiro atoms. The second kappa shape index (κ2) is 17.0. The van der Waals surface area contributed by atoms with Gasteiger partial charge in [0, 0.05) is 91.9 Å². The Morgan fingerprint density at radius 2 is 0.794 bits per heavy atom. The largest absolute Gasteiger partial charge is 1.00 e. The zero-order valence-electron chi connectivity index (χ0n) is 21.0. The lowest BCUT2D eigenvalue weighted by Gasteiger charge is -2.23. The van der Waals surface area contributed by atoms with E-state index in [9.17, 15) is 0 Å². The van der Waals surface area contributed by atoms with Gasteiger partial charge in [0.05, 0.1) is 0 Å². The number of rotatable bonds is 15. The van der Waals surface area contributed by atoms with Crippen molar-refractivity contribution >= 4 is 17.6 Å². The number of nitrogens with zero attached hydrogens (tertiary/aromatic N) is 2. The average molecular weight is 643 g/mol. The van der Waals surface area contributed by atoms with Crippen molar-refractivity contribution in [2.75, 3.05) is 42.7 Å². The predicted molar refractivity (Wildman–Crippen MR) is 125 cm³/mol. The summed E-state index contributed by atoms with van der Waals surface area (Å²) in [4.78, 5) is 0. The zero-order chi connectivity index (χ0) is 23.5. The zero-order valence-corrected chi connectivity index (χ0v) is 26.1. The molecule has 194 valence electrons. The van der Waals surface area contributed by atoms with Gasteiger partial charge in [-0.15, -0.1) is 0 Å². The van der Waals surface area contributed by atoms with E-state index in [1.165, 1.54) is 11.1 Å². The van der Waals surface area contributed by atoms with Gasteiger partial charge in [-0.25, -0.2) is 9.13 Å². The minimum atomic E-state index is -2.50. The fraction of sp³-hybridized carbons (Fsp3) is 0.545. The van der Waals surface area contributed by atoms with Crippen LogP contribution >= 0.6 is 0 Å². The molecule has 0 aliphatic carbocycles. The van der Waals surface area contributed by atoms with Crippen molar-refractivity contribution in [2.45, 2.75) is 38.0 Å². The van der Waals surface area contributed by atoms with Crippen LogP contribution in [0.5, 0.6) is 0 Å². The number of halogens is 2. The Balaban J connectivity index is 0.00000544. The fourth-order valence-corrected chi connectivity index (χ4v) is 7.07. The molecule has 0 bridgehead atoms. The van der Waals surface area contributed by atoms with Crippen LogP contribution in [0.2, 0.25) is 12.1 Å². The number of aromatic nitrogens is 2. The second-order valence-corrected chi connectivity index (χ2v) is 13.6. The molecule has 2 aromatic heterocycles. The van der Waals surface area contributed by atoms with Gasteiger partial charge in [0.2, 0.25) is 0 Å². The number of hydrogen-bond acceptors (Lipinski definition) is 6. The molecule has 34 heavy (non-hydrogen) atoms. The number of aryl methyl sites for hydroxylation is 2. The topological polar surface area (TPSA) is 63.1 Å². The van der Waals surface area contributed by atoms with Gasteiger partial charge in [-0.3, -0.25) is 0 Å². The van der Waals surface area contributed by atoms with Gasteiger partial charge in [-0.05, 0) is 11.1 Å². The summed E-state index contributed by atoms with van der Waals surface area (Å²) in [6, 6.07) is 10.1. The first-order valence-corrected chi connectivity index (χ1v) is 14.6. The van der Waals surface area contributed by atoms with Gasteiger partial charge in [0.1, 0.15) is 13.1 Å². The summed E-state index contributed by atoms with van der Waals surface area (Å²) in [7, 11) is 4.90. The van der Waals surface area contributed by atoms with Crippen LogP contribution in [-0.4, -0.2) is 60.3 Å². The Bertz CT molecular complexity index is 711. The van der Waals surface area contributed by atoms with Gasteiger partial charge in [-0.1, -0.05) is 0 Å². The molecule has 0 saturated carbocycles. The maximum Gasteiger partial charge on any atom is 0.500 e. The van der Waals surface area contributed by atoms with E-state index >= 15 is 0 Å². The Kier molecular flexibility index (Phi) is 16.7. The Morgan fingerprint density at radius 3 is 1.03 bits per heavy atom. The lowest BCUT2D eigenvalue weighted by atomic mass is 10.1. The smallest absolute Gasteiger partial charge is 0.500 e. The van der Waals surface area contributed by atoms with Gasteiger partial charge < -0.3 is 60.5 Å². The first-order chi connectivity index (χ1) is 15.5. The van der Waals surface area contributed by atoms with E-state index in [1.807, 2.05) is 0 Å². The standard InChI is InChI=1S/C22H38N2O6Si2.2BrH/c1-25-31(26-2,27-3)19-7-13-23-15-9-21(10-16-23)22-11-17-24(18-12-22)14-8-20-32(28-4,29-5)30-6;;/h9-12,15-18H,7-8,13-14,19-20H2,1-6H3;2*1H/q+2;;/p-2. The quantitative estimate of drug-likeness (QED) is 0.149. The molecule has 0 atom stereocenters. The normalized spacial score (nSPS) is 11.6. The summed E-state index contributed by atoms with van der Waals surface area (Å²) in [6.07, 6.45) is 10.3. The Labute approximate surface area is 227 Å². The van der Waals surface area contributed by atoms with Crippen LogP contribution in [0.15, 0.2) is 49.1 Å². The summed E-state index contributed by atoms with van der Waals surface area (Å²) in [5.74, 6) is 0. The van der Waals surface area contributed by atoms with Crippen LogP contribution in [0.3, 0.4) is 0 Å². The van der Waals surface area contributed by atoms with Crippen LogP contribution in [0, 0.1) is 0 Å². The monoisotopic (exact) mass is 640 g/mol. The molecule has 0 aliphatic rings. The van der Waals surface area contributed by atoms with Gasteiger partial charge in [0.15, 0.2) is 24.8 Å². The third kappa shape index (κ3) is 9.49. The van der Waals surface area contributed by atoms with E-state index in [0.717, 1.165) is 38.0 Å². The number of pyridine rings is 2. The highest BCUT2D eigenvalue weighted by Crippen LogP contribution is 2.18. The third-order valence-electron chi connectivity index (χ3n) is 5.78. The highest BCUT2D eigenvalue weighted by molar-refractivity contribution is 6.60. The van der Waals surface area contributed by atoms with E-state index < -0.39 is 17.6 Å². The van der Waals surface area contributed by atoms with Crippen molar-refractivity contribution in [3.63, 3.8) is 0 Å². The van der Waals surface area contributed by atoms with Crippen LogP contribution in [0.1, 0.15) is 12.8 Å². The maximum absolute atomic E-state index is 5.49. The molecule has 12 heteroatoms. The Hall–Kier alpha value is -0.546. The first-order valence-electron chi connectivity index (χ1n) is 10.8. The summed E-state index contributed by atoms with van der Waals surface area (Å²) in [6.45, 7) is 1.77. The van der Waals surface area contributed by atoms with Gasteiger partial charge >= 0.3 is 17.6 Å². The molecule has 0 unspecified atom stereocenters. The van der Waals surface area contributed by atoms with E-state index in [1.54, 1.807) is 42.7 Å². The van der Waals surface area contributed by atoms with Crippen molar-refractivity contribution in [2.24, 2.45) is 0 Å². The summed E-state index contributed by atoms with van der Waals surface area (Å²) in [5.41, 5.74) is 2.37. The molecule has 2 rings (SSSR count). The fourth-order valence-electron chi connectivity index (χ4n) is 3.67. The predicted octanol–water partition coefficient (Wildman–Crippen LogP) is -3.53. The first kappa shape index (κ1) is 33.5. The highest BCUT2D eigenvalue weighted by Gasteiger charge is 2.38. The lowest BCUT2D eigenvalue weighted by Crippen LogP contribution is -3.00. The van der Waals surface area contributed by atoms with E-state index in [-0.39, 0.29) is 34.0 Å². The van der Waals surface area contributed by atoms with Crippen molar-refractivity contribution in [1.29, 1.82) is 0 Å². The van der Waals surface area contributed by atoms with Crippen molar-refractivity contribution < 1.29 is 69.7 Å². The summed E-state index contributed by atoms with van der Waals surface area (Å²) in [5, 5.41) is 0. The molecule has 0 N–H and O–H groups in total. The summed E-state index contributed by atoms with van der Waals surface area (Å²) < 4.78 is 37.3. The molecule has 0 aliphatic heterocycles. The molecule has 2 heterocycles. The van der Waals surface area contributed by atoms with E-state index in [4.69, 9.17) is 26.6 Å². The summed E-state index contributed by atoms with van der Waals surface area (Å²) >= 11 is 0. The van der Waals surface area contributed by atoms with E-state index in [2.05, 4.69) is 58.2 Å². The lowest BCUT2D eigenvalue weighted by molar-refractivity contribution is -0.697. The van der Waals surface area contributed by atoms with Crippen LogP contribution in [0.4, 0.5) is 0 Å². The van der Waals surface area contributed by atoms with Crippen LogP contribution in [0.25, 0.3) is 11.1 Å². The van der Waals surface area contributed by atoms with Crippen LogP contribution < -0.4 is 43.1 Å². The van der Waals surface area contributed by atoms with Crippen molar-refractivity contribution in [1.82, 2.24) is 0 Å². The van der Waals surface area contributed by atoms with Gasteiger partial charge in [0.25, 0.3) is 0 Å². The third-order valence-corrected chi connectivity index (χ3v) is 11.4. The molecular formula is C22H38Br2N2O6Si2. The molecule has 0 aromatic carbocycles. The average Bonchev–Trinajstić information content (AvgIpc) is 2.86. The Morgan fingerprint density at radius 1 is 0.529 bits per heavy atom. The second-order valence-electron chi connectivity index (χ2n) is 7.45. The van der Waals surface area contributed by atoms with E-state index in [0.29, 0.717) is 0 Å². The molecule has 0 radical (unpaired) electrons. The SMILES string of the molecule is CO[Si](CCC[n+]1ccc(-c2cc[n+](CCC[Si](OC)(OC)OC)cc2)cc1)(OC)OC.[Br-].[Br-]. The molecule has 0 saturated heterocycles. The molecule has 2 aromatic rings. The molecular weight excluding hydrogens is 604 g/mol. The highest BCUT2D eigenvalue weighted by atomic mass is 79.9. The maximum atomic E-state index is 5.49. The molecule has 0 fully saturated rings. The minimum absolute atomic E-state index is 0. The van der Waals surface area contributed by atoms with Crippen molar-refractivity contribution in [3.05, 3.63) is 49.1 Å². The molecule has 8 nitrogen and oxygen atoms in total. The minimum Gasteiger partial charge on any atom is -1.00 e. The van der Waals surface area contributed by atoms with Gasteiger partial charge in [-0.2, -0.15) is 0 Å². The van der Waals surface area contributed by atoms with Crippen molar-refractivity contribution in [3.8, 4) is 11.1 Å².